The number of hydrogen-bond acceptors (Lipinski definition) is 3. The molecule has 1 N–H and O–H groups in total. The van der Waals surface area contributed by atoms with Gasteiger partial charge in [0.15, 0.2) is 6.39 Å². The van der Waals surface area contributed by atoms with Crippen molar-refractivity contribution in [1.29, 1.82) is 0 Å². The second-order valence-electron chi connectivity index (χ2n) is 4.09. The van der Waals surface area contributed by atoms with Gasteiger partial charge in [0.25, 0.3) is 0 Å². The lowest BCUT2D eigenvalue weighted by atomic mass is 10.2. The third-order valence-corrected chi connectivity index (χ3v) is 2.52. The first-order valence-corrected chi connectivity index (χ1v) is 4.29. The highest BCUT2D eigenvalue weighted by Crippen LogP contribution is 2.44. The highest BCUT2D eigenvalue weighted by Gasteiger charge is 2.45. The fourth-order valence-electron chi connectivity index (χ4n) is 1.37. The van der Waals surface area contributed by atoms with Crippen LogP contribution >= 0.6 is 0 Å². The quantitative estimate of drug-likeness (QED) is 0.740. The number of rotatable bonds is 3. The maximum Gasteiger partial charge on any atom is 0.180 e. The monoisotopic (exact) mass is 166 g/mol. The highest BCUT2D eigenvalue weighted by atomic mass is 16.3. The summed E-state index contributed by atoms with van der Waals surface area (Å²) in [6.45, 7) is 5.34. The molecule has 1 aliphatic carbocycles. The van der Waals surface area contributed by atoms with Gasteiger partial charge in [-0.25, -0.2) is 4.98 Å². The van der Waals surface area contributed by atoms with Crippen molar-refractivity contribution < 1.29 is 4.42 Å². The van der Waals surface area contributed by atoms with Gasteiger partial charge in [-0.1, -0.05) is 13.8 Å². The van der Waals surface area contributed by atoms with Crippen LogP contribution in [-0.4, -0.2) is 11.0 Å². The van der Waals surface area contributed by atoms with Crippen molar-refractivity contribution in [3.63, 3.8) is 0 Å². The second kappa shape index (κ2) is 2.59. The van der Waals surface area contributed by atoms with Gasteiger partial charge < -0.3 is 9.73 Å². The molecule has 0 amide bonds. The van der Waals surface area contributed by atoms with E-state index in [1.54, 1.807) is 6.20 Å². The van der Waals surface area contributed by atoms with Crippen molar-refractivity contribution in [1.82, 2.24) is 10.3 Å². The molecule has 1 aromatic heterocycles. The second-order valence-corrected chi connectivity index (χ2v) is 4.09. The molecule has 0 saturated heterocycles. The van der Waals surface area contributed by atoms with E-state index in [-0.39, 0.29) is 0 Å². The Bertz CT molecular complexity index is 254. The van der Waals surface area contributed by atoms with Crippen molar-refractivity contribution in [2.24, 2.45) is 5.41 Å². The van der Waals surface area contributed by atoms with Crippen LogP contribution in [0.2, 0.25) is 0 Å². The Morgan fingerprint density at radius 3 is 3.00 bits per heavy atom. The predicted molar refractivity (Wildman–Crippen MR) is 45.5 cm³/mol. The minimum Gasteiger partial charge on any atom is -0.447 e. The molecule has 0 aromatic carbocycles. The van der Waals surface area contributed by atoms with Crippen molar-refractivity contribution in [3.05, 3.63) is 18.4 Å². The van der Waals surface area contributed by atoms with Crippen LogP contribution in [-0.2, 0) is 6.54 Å². The molecule has 12 heavy (non-hydrogen) atoms. The summed E-state index contributed by atoms with van der Waals surface area (Å²) in [7, 11) is 0. The van der Waals surface area contributed by atoms with Crippen molar-refractivity contribution in [2.45, 2.75) is 32.9 Å². The first kappa shape index (κ1) is 7.80. The van der Waals surface area contributed by atoms with Gasteiger partial charge in [0.2, 0.25) is 0 Å². The summed E-state index contributed by atoms with van der Waals surface area (Å²) in [5, 5.41) is 3.42. The van der Waals surface area contributed by atoms with Crippen molar-refractivity contribution in [3.8, 4) is 0 Å². The van der Waals surface area contributed by atoms with Crippen LogP contribution in [0, 0.1) is 5.41 Å². The van der Waals surface area contributed by atoms with Crippen molar-refractivity contribution >= 4 is 0 Å². The number of hydrogen-bond donors (Lipinski definition) is 1. The Hall–Kier alpha value is -0.830. The molecule has 66 valence electrons. The number of oxazole rings is 1. The smallest absolute Gasteiger partial charge is 0.180 e. The molecule has 3 nitrogen and oxygen atoms in total. The standard InChI is InChI=1S/C9H14N2O/c1-9(2)3-8(9)11-5-7-4-10-6-12-7/h4,6,8,11H,3,5H2,1-2H3. The third kappa shape index (κ3) is 1.50. The van der Waals surface area contributed by atoms with E-state index in [1.165, 1.54) is 12.8 Å². The van der Waals surface area contributed by atoms with Gasteiger partial charge in [-0.3, -0.25) is 0 Å². The van der Waals surface area contributed by atoms with E-state index in [2.05, 4.69) is 24.1 Å². The Kier molecular flexibility index (Phi) is 1.68. The van der Waals surface area contributed by atoms with Gasteiger partial charge >= 0.3 is 0 Å². The summed E-state index contributed by atoms with van der Waals surface area (Å²) >= 11 is 0. The largest absolute Gasteiger partial charge is 0.447 e. The van der Waals surface area contributed by atoms with E-state index < -0.39 is 0 Å². The zero-order valence-corrected chi connectivity index (χ0v) is 7.50. The van der Waals surface area contributed by atoms with Crippen molar-refractivity contribution in [2.75, 3.05) is 0 Å². The van der Waals surface area contributed by atoms with E-state index in [1.807, 2.05) is 0 Å². The first-order chi connectivity index (χ1) is 5.68. The topological polar surface area (TPSA) is 38.1 Å². The SMILES string of the molecule is CC1(C)CC1NCc1cnco1. The normalized spacial score (nSPS) is 25.7. The molecule has 1 saturated carbocycles. The summed E-state index contributed by atoms with van der Waals surface area (Å²) in [6, 6.07) is 0.655. The summed E-state index contributed by atoms with van der Waals surface area (Å²) in [6.07, 6.45) is 4.48. The lowest BCUT2D eigenvalue weighted by Crippen LogP contribution is -2.19. The Labute approximate surface area is 72.2 Å². The summed E-state index contributed by atoms with van der Waals surface area (Å²) < 4.78 is 5.11. The van der Waals surface area contributed by atoms with E-state index >= 15 is 0 Å². The van der Waals surface area contributed by atoms with E-state index in [0.717, 1.165) is 12.3 Å². The first-order valence-electron chi connectivity index (χ1n) is 4.29. The summed E-state index contributed by atoms with van der Waals surface area (Å²) in [5.74, 6) is 0.915. The minimum absolute atomic E-state index is 0.486. The molecule has 1 heterocycles. The lowest BCUT2D eigenvalue weighted by Gasteiger charge is -2.03. The van der Waals surface area contributed by atoms with Gasteiger partial charge in [-0.05, 0) is 11.8 Å². The molecule has 0 radical (unpaired) electrons. The van der Waals surface area contributed by atoms with Gasteiger partial charge in [-0.2, -0.15) is 0 Å². The molecule has 1 atom stereocenters. The zero-order valence-electron chi connectivity index (χ0n) is 7.50. The van der Waals surface area contributed by atoms with Gasteiger partial charge in [0.1, 0.15) is 5.76 Å². The van der Waals surface area contributed by atoms with Gasteiger partial charge in [0, 0.05) is 6.04 Å². The molecular weight excluding hydrogens is 152 g/mol. The molecule has 0 aliphatic heterocycles. The van der Waals surface area contributed by atoms with Crippen LogP contribution in [0.1, 0.15) is 26.0 Å². The van der Waals surface area contributed by atoms with Crippen LogP contribution in [0.5, 0.6) is 0 Å². The molecule has 1 aliphatic rings. The number of nitrogens with zero attached hydrogens (tertiary/aromatic N) is 1. The zero-order chi connectivity index (χ0) is 8.60. The van der Waals surface area contributed by atoms with Crippen LogP contribution < -0.4 is 5.32 Å². The molecule has 1 unspecified atom stereocenters. The van der Waals surface area contributed by atoms with E-state index in [0.29, 0.717) is 11.5 Å². The van der Waals surface area contributed by atoms with Crippen LogP contribution in [0.25, 0.3) is 0 Å². The highest BCUT2D eigenvalue weighted by molar-refractivity contribution is 5.02. The van der Waals surface area contributed by atoms with E-state index in [4.69, 9.17) is 4.42 Å². The molecule has 1 aromatic rings. The average molecular weight is 166 g/mol. The number of nitrogens with one attached hydrogen (secondary N) is 1. The Morgan fingerprint density at radius 1 is 1.75 bits per heavy atom. The minimum atomic E-state index is 0.486. The van der Waals surface area contributed by atoms with Gasteiger partial charge in [0.05, 0.1) is 12.7 Å². The maximum atomic E-state index is 5.11. The molecule has 2 rings (SSSR count). The van der Waals surface area contributed by atoms with E-state index in [9.17, 15) is 0 Å². The van der Waals surface area contributed by atoms with Crippen LogP contribution in [0.3, 0.4) is 0 Å². The Morgan fingerprint density at radius 2 is 2.50 bits per heavy atom. The predicted octanol–water partition coefficient (Wildman–Crippen LogP) is 1.56. The van der Waals surface area contributed by atoms with Gasteiger partial charge in [-0.15, -0.1) is 0 Å². The molecular formula is C9H14N2O. The fraction of sp³-hybridized carbons (Fsp3) is 0.667. The lowest BCUT2D eigenvalue weighted by molar-refractivity contribution is 0.460. The third-order valence-electron chi connectivity index (χ3n) is 2.52. The maximum absolute atomic E-state index is 5.11. The Balaban J connectivity index is 1.78. The molecule has 1 fully saturated rings. The fourth-order valence-corrected chi connectivity index (χ4v) is 1.37. The number of aromatic nitrogens is 1. The summed E-state index contributed by atoms with van der Waals surface area (Å²) in [5.41, 5.74) is 0.486. The molecule has 0 spiro atoms. The summed E-state index contributed by atoms with van der Waals surface area (Å²) in [4.78, 5) is 3.85. The van der Waals surface area contributed by atoms with Crippen LogP contribution in [0.15, 0.2) is 17.0 Å². The van der Waals surface area contributed by atoms with Crippen LogP contribution in [0.4, 0.5) is 0 Å². The molecule has 0 bridgehead atoms. The molecule has 3 heteroatoms. The average Bonchev–Trinajstić information content (AvgIpc) is 2.54.